The Balaban J connectivity index is 2.31. The van der Waals surface area contributed by atoms with E-state index in [-0.39, 0.29) is 4.83 Å². The van der Waals surface area contributed by atoms with Crippen LogP contribution in [-0.4, -0.2) is 4.98 Å². The minimum atomic E-state index is 0.261. The third kappa shape index (κ3) is 3.33. The van der Waals surface area contributed by atoms with Gasteiger partial charge in [0.2, 0.25) is 0 Å². The average molecular weight is 481 g/mol. The van der Waals surface area contributed by atoms with Crippen LogP contribution in [0.15, 0.2) is 47.1 Å². The monoisotopic (exact) mass is 479 g/mol. The minimum absolute atomic E-state index is 0.261. The first-order valence-electron chi connectivity index (χ1n) is 5.59. The van der Waals surface area contributed by atoms with Crippen LogP contribution in [0.2, 0.25) is 0 Å². The molecule has 0 saturated heterocycles. The molecule has 0 radical (unpaired) electrons. The van der Waals surface area contributed by atoms with E-state index in [4.69, 9.17) is 0 Å². The van der Waals surface area contributed by atoms with Crippen molar-refractivity contribution in [2.75, 3.05) is 0 Å². The second-order valence-electron chi connectivity index (χ2n) is 4.11. The fourth-order valence-corrected chi connectivity index (χ4v) is 3.92. The van der Waals surface area contributed by atoms with E-state index in [0.29, 0.717) is 5.92 Å². The van der Waals surface area contributed by atoms with Gasteiger partial charge in [0.1, 0.15) is 0 Å². The summed E-state index contributed by atoms with van der Waals surface area (Å²) in [5, 5.41) is 0. The summed E-state index contributed by atoms with van der Waals surface area (Å²) in [4.78, 5) is 4.69. The van der Waals surface area contributed by atoms with Crippen LogP contribution in [0.25, 0.3) is 0 Å². The highest BCUT2D eigenvalue weighted by Crippen LogP contribution is 2.39. The molecular weight excluding hydrogens is 469 g/mol. The SMILES string of the molecule is CC(c1ccccn1)C(Br)c1cc(Br)ccc1I. The fourth-order valence-electron chi connectivity index (χ4n) is 1.79. The van der Waals surface area contributed by atoms with Crippen LogP contribution in [0.3, 0.4) is 0 Å². The Bertz CT molecular complexity index is 531. The second-order valence-corrected chi connectivity index (χ2v) is 7.18. The minimum Gasteiger partial charge on any atom is -0.261 e. The normalized spacial score (nSPS) is 14.2. The van der Waals surface area contributed by atoms with Crippen molar-refractivity contribution in [3.63, 3.8) is 0 Å². The number of benzene rings is 1. The van der Waals surface area contributed by atoms with Gasteiger partial charge < -0.3 is 0 Å². The molecule has 1 heterocycles. The van der Waals surface area contributed by atoms with Crippen LogP contribution in [0, 0.1) is 3.57 Å². The molecule has 1 aromatic carbocycles. The number of nitrogens with zero attached hydrogens (tertiary/aromatic N) is 1. The molecule has 18 heavy (non-hydrogen) atoms. The van der Waals surface area contributed by atoms with E-state index < -0.39 is 0 Å². The van der Waals surface area contributed by atoms with Gasteiger partial charge in [0.15, 0.2) is 0 Å². The molecule has 94 valence electrons. The van der Waals surface area contributed by atoms with Gasteiger partial charge in [-0.15, -0.1) is 0 Å². The van der Waals surface area contributed by atoms with E-state index in [2.05, 4.69) is 90.6 Å². The summed E-state index contributed by atoms with van der Waals surface area (Å²) in [6.07, 6.45) is 1.84. The topological polar surface area (TPSA) is 12.9 Å². The van der Waals surface area contributed by atoms with Crippen molar-refractivity contribution in [1.29, 1.82) is 0 Å². The maximum absolute atomic E-state index is 4.43. The summed E-state index contributed by atoms with van der Waals surface area (Å²) in [6.45, 7) is 2.19. The van der Waals surface area contributed by atoms with Gasteiger partial charge in [-0.25, -0.2) is 0 Å². The summed E-state index contributed by atoms with van der Waals surface area (Å²) in [5.41, 5.74) is 2.40. The van der Waals surface area contributed by atoms with Crippen LogP contribution in [-0.2, 0) is 0 Å². The lowest BCUT2D eigenvalue weighted by atomic mass is 9.97. The number of hydrogen-bond donors (Lipinski definition) is 0. The molecular formula is C14H12Br2IN. The van der Waals surface area contributed by atoms with Crippen LogP contribution in [0.4, 0.5) is 0 Å². The lowest BCUT2D eigenvalue weighted by molar-refractivity contribution is 0.722. The Morgan fingerprint density at radius 1 is 1.22 bits per heavy atom. The Kier molecular flexibility index (Phi) is 5.21. The molecule has 0 amide bonds. The average Bonchev–Trinajstić information content (AvgIpc) is 2.41. The summed E-state index contributed by atoms with van der Waals surface area (Å²) in [5.74, 6) is 0.328. The Labute approximate surface area is 138 Å². The number of pyridine rings is 1. The Hall–Kier alpha value is 0.0600. The quantitative estimate of drug-likeness (QED) is 0.406. The summed E-state index contributed by atoms with van der Waals surface area (Å²) in [7, 11) is 0. The van der Waals surface area contributed by atoms with Crippen molar-refractivity contribution >= 4 is 54.5 Å². The molecule has 0 N–H and O–H groups in total. The van der Waals surface area contributed by atoms with E-state index in [1.165, 1.54) is 9.13 Å². The predicted octanol–water partition coefficient (Wildman–Crippen LogP) is 5.69. The molecule has 2 unspecified atom stereocenters. The fraction of sp³-hybridized carbons (Fsp3) is 0.214. The van der Waals surface area contributed by atoms with Crippen LogP contribution >= 0.6 is 54.5 Å². The smallest absolute Gasteiger partial charge is 0.0487 e. The lowest BCUT2D eigenvalue weighted by Gasteiger charge is -2.19. The van der Waals surface area contributed by atoms with Crippen molar-refractivity contribution in [1.82, 2.24) is 4.98 Å². The summed E-state index contributed by atoms with van der Waals surface area (Å²) < 4.78 is 2.37. The van der Waals surface area contributed by atoms with Crippen LogP contribution in [0.5, 0.6) is 0 Å². The van der Waals surface area contributed by atoms with E-state index in [9.17, 15) is 0 Å². The number of rotatable bonds is 3. The van der Waals surface area contributed by atoms with E-state index in [0.717, 1.165) is 10.2 Å². The largest absolute Gasteiger partial charge is 0.261 e. The molecule has 1 nitrogen and oxygen atoms in total. The summed E-state index contributed by atoms with van der Waals surface area (Å²) >= 11 is 9.71. The molecule has 2 aromatic rings. The van der Waals surface area contributed by atoms with Gasteiger partial charge in [0.05, 0.1) is 0 Å². The van der Waals surface area contributed by atoms with Crippen molar-refractivity contribution < 1.29 is 0 Å². The van der Waals surface area contributed by atoms with Crippen LogP contribution < -0.4 is 0 Å². The van der Waals surface area contributed by atoms with Crippen LogP contribution in [0.1, 0.15) is 28.9 Å². The first kappa shape index (κ1) is 14.5. The second kappa shape index (κ2) is 6.48. The third-order valence-corrected chi connectivity index (χ3v) is 5.61. The van der Waals surface area contributed by atoms with Gasteiger partial charge in [-0.3, -0.25) is 4.98 Å². The van der Waals surface area contributed by atoms with Crippen molar-refractivity contribution in [3.8, 4) is 0 Å². The van der Waals surface area contributed by atoms with Crippen molar-refractivity contribution in [2.45, 2.75) is 17.7 Å². The molecule has 4 heteroatoms. The van der Waals surface area contributed by atoms with Gasteiger partial charge in [-0.1, -0.05) is 44.8 Å². The van der Waals surface area contributed by atoms with Gasteiger partial charge in [0, 0.05) is 30.7 Å². The maximum atomic E-state index is 4.43. The van der Waals surface area contributed by atoms with E-state index in [1.807, 2.05) is 18.3 Å². The Morgan fingerprint density at radius 2 is 2.00 bits per heavy atom. The molecule has 2 rings (SSSR count). The number of halogens is 3. The highest BCUT2D eigenvalue weighted by atomic mass is 127. The first-order chi connectivity index (χ1) is 8.59. The number of hydrogen-bond acceptors (Lipinski definition) is 1. The Morgan fingerprint density at radius 3 is 2.67 bits per heavy atom. The highest BCUT2D eigenvalue weighted by Gasteiger charge is 2.21. The molecule has 0 spiro atoms. The standard InChI is InChI=1S/C14H12Br2IN/c1-9(13-4-2-3-7-18-13)14(16)11-8-10(15)5-6-12(11)17/h2-9,14H,1H3. The number of alkyl halides is 1. The zero-order chi connectivity index (χ0) is 13.1. The predicted molar refractivity (Wildman–Crippen MR) is 91.2 cm³/mol. The van der Waals surface area contributed by atoms with E-state index in [1.54, 1.807) is 0 Å². The van der Waals surface area contributed by atoms with Gasteiger partial charge in [0.25, 0.3) is 0 Å². The zero-order valence-electron chi connectivity index (χ0n) is 9.78. The highest BCUT2D eigenvalue weighted by molar-refractivity contribution is 14.1. The molecule has 1 aromatic heterocycles. The summed E-state index contributed by atoms with van der Waals surface area (Å²) in [6, 6.07) is 12.4. The van der Waals surface area contributed by atoms with Gasteiger partial charge in [-0.2, -0.15) is 0 Å². The van der Waals surface area contributed by atoms with Crippen molar-refractivity contribution in [2.24, 2.45) is 0 Å². The van der Waals surface area contributed by atoms with Gasteiger partial charge >= 0.3 is 0 Å². The van der Waals surface area contributed by atoms with E-state index >= 15 is 0 Å². The molecule has 2 atom stereocenters. The molecule has 0 saturated carbocycles. The lowest BCUT2D eigenvalue weighted by Crippen LogP contribution is -2.05. The zero-order valence-corrected chi connectivity index (χ0v) is 15.1. The molecule has 0 bridgehead atoms. The maximum Gasteiger partial charge on any atom is 0.0487 e. The van der Waals surface area contributed by atoms with Gasteiger partial charge in [-0.05, 0) is 58.5 Å². The third-order valence-electron chi connectivity index (χ3n) is 2.85. The molecule has 0 fully saturated rings. The molecule has 0 aliphatic carbocycles. The number of aromatic nitrogens is 1. The molecule has 0 aliphatic heterocycles. The molecule has 0 aliphatic rings. The van der Waals surface area contributed by atoms with Crippen molar-refractivity contribution in [3.05, 3.63) is 61.9 Å². The first-order valence-corrected chi connectivity index (χ1v) is 8.38.